The van der Waals surface area contributed by atoms with Crippen LogP contribution in [0.25, 0.3) is 0 Å². The zero-order valence-electron chi connectivity index (χ0n) is 19.1. The van der Waals surface area contributed by atoms with Crippen molar-refractivity contribution in [3.63, 3.8) is 0 Å². The number of aliphatic hydroxyl groups is 1. The summed E-state index contributed by atoms with van der Waals surface area (Å²) in [5.74, 6) is 0.728. The Kier molecular flexibility index (Phi) is 9.54. The van der Waals surface area contributed by atoms with E-state index >= 15 is 0 Å². The van der Waals surface area contributed by atoms with Crippen LogP contribution in [-0.2, 0) is 22.6 Å². The molecule has 1 unspecified atom stereocenters. The number of nitrogens with zero attached hydrogens (tertiary/aromatic N) is 3. The number of benzene rings is 1. The fourth-order valence-electron chi connectivity index (χ4n) is 3.94. The molecule has 0 spiro atoms. The van der Waals surface area contributed by atoms with Crippen molar-refractivity contribution >= 4 is 5.96 Å². The van der Waals surface area contributed by atoms with Crippen LogP contribution in [0.1, 0.15) is 25.0 Å². The van der Waals surface area contributed by atoms with Crippen LogP contribution in [-0.4, -0.2) is 98.7 Å². The molecule has 2 saturated heterocycles. The van der Waals surface area contributed by atoms with Crippen molar-refractivity contribution in [2.24, 2.45) is 4.99 Å². The number of morpholine rings is 2. The summed E-state index contributed by atoms with van der Waals surface area (Å²) >= 11 is 0. The first-order valence-electron chi connectivity index (χ1n) is 11.5. The van der Waals surface area contributed by atoms with Gasteiger partial charge < -0.3 is 25.2 Å². The lowest BCUT2D eigenvalue weighted by atomic mass is 10.1. The van der Waals surface area contributed by atoms with Gasteiger partial charge in [-0.15, -0.1) is 0 Å². The molecule has 8 nitrogen and oxygen atoms in total. The first-order chi connectivity index (χ1) is 15.1. The molecule has 0 aromatic heterocycles. The quantitative estimate of drug-likeness (QED) is 0.390. The number of β-amino-alcohol motifs (C(OH)–C–C–N with tert-alkyl or cyclic N) is 1. The molecule has 2 fully saturated rings. The number of guanidine groups is 1. The number of aliphatic imine (C=N–C) groups is 1. The Labute approximate surface area is 186 Å². The van der Waals surface area contributed by atoms with E-state index in [1.54, 1.807) is 0 Å². The number of hydrogen-bond acceptors (Lipinski definition) is 6. The molecule has 2 aliphatic heterocycles. The van der Waals surface area contributed by atoms with Gasteiger partial charge in [0.2, 0.25) is 0 Å². The molecule has 2 aliphatic rings. The number of rotatable bonds is 9. The Balaban J connectivity index is 1.56. The molecule has 174 valence electrons. The van der Waals surface area contributed by atoms with Crippen molar-refractivity contribution in [2.45, 2.75) is 32.5 Å². The number of nitrogens with one attached hydrogen (secondary N) is 2. The molecule has 2 heterocycles. The maximum atomic E-state index is 10.9. The van der Waals surface area contributed by atoms with Crippen molar-refractivity contribution in [3.05, 3.63) is 35.4 Å². The van der Waals surface area contributed by atoms with E-state index in [0.717, 1.165) is 71.7 Å². The van der Waals surface area contributed by atoms with Crippen LogP contribution in [0.5, 0.6) is 0 Å². The average molecular weight is 434 g/mol. The molecule has 1 aromatic carbocycles. The predicted octanol–water partition coefficient (Wildman–Crippen LogP) is 0.657. The normalized spacial score (nSPS) is 20.9. The SMILES string of the molecule is CCNC(=NCc1ccccc1CN1CCOCC1)NCC(C)(O)CN1CCOCC1. The van der Waals surface area contributed by atoms with E-state index in [0.29, 0.717) is 19.6 Å². The van der Waals surface area contributed by atoms with Gasteiger partial charge in [0.25, 0.3) is 0 Å². The lowest BCUT2D eigenvalue weighted by molar-refractivity contribution is -0.0201. The average Bonchev–Trinajstić information content (AvgIpc) is 2.78. The maximum absolute atomic E-state index is 10.9. The molecular weight excluding hydrogens is 394 g/mol. The van der Waals surface area contributed by atoms with Crippen LogP contribution in [0.3, 0.4) is 0 Å². The summed E-state index contributed by atoms with van der Waals surface area (Å²) < 4.78 is 10.9. The minimum atomic E-state index is -0.845. The van der Waals surface area contributed by atoms with Crippen molar-refractivity contribution < 1.29 is 14.6 Å². The lowest BCUT2D eigenvalue weighted by Gasteiger charge is -2.34. The summed E-state index contributed by atoms with van der Waals surface area (Å²) in [7, 11) is 0. The Bertz CT molecular complexity index is 686. The second kappa shape index (κ2) is 12.4. The van der Waals surface area contributed by atoms with Crippen LogP contribution in [0.15, 0.2) is 29.3 Å². The zero-order chi connectivity index (χ0) is 21.9. The predicted molar refractivity (Wildman–Crippen MR) is 123 cm³/mol. The summed E-state index contributed by atoms with van der Waals surface area (Å²) in [5.41, 5.74) is 1.69. The molecule has 0 amide bonds. The largest absolute Gasteiger partial charge is 0.387 e. The standard InChI is InChI=1S/C23H39N5O3/c1-3-24-22(26-18-23(2,29)19-28-10-14-31-15-11-28)25-16-20-6-4-5-7-21(20)17-27-8-12-30-13-9-27/h4-7,29H,3,8-19H2,1-2H3,(H2,24,25,26). The molecular formula is C23H39N5O3. The van der Waals surface area contributed by atoms with Crippen LogP contribution >= 0.6 is 0 Å². The first-order valence-corrected chi connectivity index (χ1v) is 11.5. The third-order valence-corrected chi connectivity index (χ3v) is 5.67. The van der Waals surface area contributed by atoms with E-state index in [1.165, 1.54) is 11.1 Å². The van der Waals surface area contributed by atoms with E-state index in [-0.39, 0.29) is 0 Å². The van der Waals surface area contributed by atoms with Crippen LogP contribution < -0.4 is 10.6 Å². The van der Waals surface area contributed by atoms with Crippen LogP contribution in [0.2, 0.25) is 0 Å². The molecule has 0 bridgehead atoms. The molecule has 3 N–H and O–H groups in total. The van der Waals surface area contributed by atoms with Gasteiger partial charge in [0.15, 0.2) is 5.96 Å². The molecule has 31 heavy (non-hydrogen) atoms. The third kappa shape index (κ3) is 8.38. The first kappa shape index (κ1) is 23.9. The van der Waals surface area contributed by atoms with E-state index in [4.69, 9.17) is 14.5 Å². The summed E-state index contributed by atoms with van der Waals surface area (Å²) in [6.45, 7) is 14.0. The zero-order valence-corrected chi connectivity index (χ0v) is 19.1. The van der Waals surface area contributed by atoms with Crippen LogP contribution in [0, 0.1) is 0 Å². The molecule has 8 heteroatoms. The second-order valence-corrected chi connectivity index (χ2v) is 8.59. The Morgan fingerprint density at radius 3 is 2.26 bits per heavy atom. The van der Waals surface area contributed by atoms with Gasteiger partial charge in [-0.1, -0.05) is 24.3 Å². The highest BCUT2D eigenvalue weighted by Gasteiger charge is 2.25. The fraction of sp³-hybridized carbons (Fsp3) is 0.696. The summed E-state index contributed by atoms with van der Waals surface area (Å²) in [6, 6.07) is 8.50. The van der Waals surface area contributed by atoms with Gasteiger partial charge in [0, 0.05) is 52.4 Å². The fourth-order valence-corrected chi connectivity index (χ4v) is 3.94. The monoisotopic (exact) mass is 433 g/mol. The van der Waals surface area contributed by atoms with E-state index < -0.39 is 5.60 Å². The van der Waals surface area contributed by atoms with Crippen molar-refractivity contribution in [1.82, 2.24) is 20.4 Å². The highest BCUT2D eigenvalue weighted by molar-refractivity contribution is 5.79. The Morgan fingerprint density at radius 1 is 1.00 bits per heavy atom. The van der Waals surface area contributed by atoms with E-state index in [1.807, 2.05) is 6.92 Å². The summed E-state index contributed by atoms with van der Waals surface area (Å²) in [4.78, 5) is 9.47. The van der Waals surface area contributed by atoms with Gasteiger partial charge in [-0.05, 0) is 25.0 Å². The smallest absolute Gasteiger partial charge is 0.191 e. The molecule has 0 radical (unpaired) electrons. The molecule has 0 aliphatic carbocycles. The highest BCUT2D eigenvalue weighted by atomic mass is 16.5. The molecule has 1 aromatic rings. The number of hydrogen-bond donors (Lipinski definition) is 3. The van der Waals surface area contributed by atoms with Crippen molar-refractivity contribution in [1.29, 1.82) is 0 Å². The summed E-state index contributed by atoms with van der Waals surface area (Å²) in [6.07, 6.45) is 0. The molecule has 1 atom stereocenters. The van der Waals surface area contributed by atoms with Gasteiger partial charge in [0.05, 0.1) is 38.6 Å². The topological polar surface area (TPSA) is 81.6 Å². The maximum Gasteiger partial charge on any atom is 0.191 e. The van der Waals surface area contributed by atoms with Crippen molar-refractivity contribution in [2.75, 3.05) is 72.2 Å². The van der Waals surface area contributed by atoms with Gasteiger partial charge >= 0.3 is 0 Å². The van der Waals surface area contributed by atoms with Gasteiger partial charge in [-0.2, -0.15) is 0 Å². The van der Waals surface area contributed by atoms with Gasteiger partial charge in [-0.3, -0.25) is 9.80 Å². The van der Waals surface area contributed by atoms with Gasteiger partial charge in [-0.25, -0.2) is 4.99 Å². The second-order valence-electron chi connectivity index (χ2n) is 8.59. The minimum absolute atomic E-state index is 0.436. The number of ether oxygens (including phenoxy) is 2. The molecule has 3 rings (SSSR count). The van der Waals surface area contributed by atoms with E-state index in [2.05, 4.69) is 51.6 Å². The van der Waals surface area contributed by atoms with Crippen LogP contribution in [0.4, 0.5) is 0 Å². The third-order valence-electron chi connectivity index (χ3n) is 5.67. The minimum Gasteiger partial charge on any atom is -0.387 e. The summed E-state index contributed by atoms with van der Waals surface area (Å²) in [5, 5.41) is 17.5. The highest BCUT2D eigenvalue weighted by Crippen LogP contribution is 2.14. The Morgan fingerprint density at radius 2 is 1.61 bits per heavy atom. The Hall–Kier alpha value is -1.71. The molecule has 0 saturated carbocycles. The van der Waals surface area contributed by atoms with E-state index in [9.17, 15) is 5.11 Å². The lowest BCUT2D eigenvalue weighted by Crippen LogP contribution is -2.52. The van der Waals surface area contributed by atoms with Crippen molar-refractivity contribution in [3.8, 4) is 0 Å². The van der Waals surface area contributed by atoms with Gasteiger partial charge in [0.1, 0.15) is 0 Å².